The standard InChI is InChI=1S/C20H19F2N3O3/c1-12(2)24-17(11-18(26)23-15-7-3-13(21)4-8-15)19(27)25(20(24)28)16-9-5-14(22)6-10-16/h3-10,12,17H,11H2,1-2H3,(H,23,26)/t17-/m0/s1. The number of anilines is 2. The Labute approximate surface area is 160 Å². The lowest BCUT2D eigenvalue weighted by Gasteiger charge is -2.25. The Morgan fingerprint density at radius 3 is 2.07 bits per heavy atom. The van der Waals surface area contributed by atoms with Crippen LogP contribution in [0.2, 0.25) is 0 Å². The van der Waals surface area contributed by atoms with Crippen molar-refractivity contribution in [1.82, 2.24) is 4.90 Å². The SMILES string of the molecule is CC(C)N1C(=O)N(c2ccc(F)cc2)C(=O)[C@@H]1CC(=O)Nc1ccc(F)cc1. The van der Waals surface area contributed by atoms with Crippen molar-refractivity contribution in [3.63, 3.8) is 0 Å². The van der Waals surface area contributed by atoms with E-state index in [0.29, 0.717) is 5.69 Å². The van der Waals surface area contributed by atoms with Crippen molar-refractivity contribution in [3.05, 3.63) is 60.2 Å². The molecule has 6 nitrogen and oxygen atoms in total. The first-order chi connectivity index (χ1) is 13.3. The number of rotatable bonds is 5. The van der Waals surface area contributed by atoms with Crippen LogP contribution in [-0.2, 0) is 9.59 Å². The molecule has 0 spiro atoms. The number of nitrogens with one attached hydrogen (secondary N) is 1. The van der Waals surface area contributed by atoms with Gasteiger partial charge in [0.2, 0.25) is 5.91 Å². The topological polar surface area (TPSA) is 69.7 Å². The first kappa shape index (κ1) is 19.5. The number of benzene rings is 2. The van der Waals surface area contributed by atoms with Gasteiger partial charge in [0.05, 0.1) is 12.1 Å². The number of halogens is 2. The first-order valence-corrected chi connectivity index (χ1v) is 8.75. The monoisotopic (exact) mass is 387 g/mol. The molecule has 1 saturated heterocycles. The molecule has 28 heavy (non-hydrogen) atoms. The minimum Gasteiger partial charge on any atom is -0.326 e. The molecule has 0 saturated carbocycles. The van der Waals surface area contributed by atoms with E-state index in [0.717, 1.165) is 17.0 Å². The quantitative estimate of drug-likeness (QED) is 0.798. The zero-order valence-corrected chi connectivity index (χ0v) is 15.4. The molecule has 0 bridgehead atoms. The Balaban J connectivity index is 1.80. The van der Waals surface area contributed by atoms with Gasteiger partial charge in [-0.2, -0.15) is 0 Å². The van der Waals surface area contributed by atoms with Gasteiger partial charge in [-0.15, -0.1) is 0 Å². The van der Waals surface area contributed by atoms with Gasteiger partial charge in [0.1, 0.15) is 17.7 Å². The lowest BCUT2D eigenvalue weighted by Crippen LogP contribution is -2.42. The van der Waals surface area contributed by atoms with Crippen LogP contribution in [0, 0.1) is 11.6 Å². The minimum atomic E-state index is -0.988. The summed E-state index contributed by atoms with van der Waals surface area (Å²) in [7, 11) is 0. The van der Waals surface area contributed by atoms with Crippen molar-refractivity contribution in [2.75, 3.05) is 10.2 Å². The van der Waals surface area contributed by atoms with Gasteiger partial charge in [-0.05, 0) is 62.4 Å². The summed E-state index contributed by atoms with van der Waals surface area (Å²) in [5.41, 5.74) is 0.623. The number of carbonyl (C=O) groups excluding carboxylic acids is 3. The first-order valence-electron chi connectivity index (χ1n) is 8.75. The number of carbonyl (C=O) groups is 3. The normalized spacial score (nSPS) is 16.8. The molecular weight excluding hydrogens is 368 g/mol. The molecule has 2 aromatic rings. The maximum Gasteiger partial charge on any atom is 0.332 e. The molecule has 2 aromatic carbocycles. The molecule has 1 N–H and O–H groups in total. The van der Waals surface area contributed by atoms with E-state index in [1.807, 2.05) is 0 Å². The van der Waals surface area contributed by atoms with E-state index in [4.69, 9.17) is 0 Å². The average molecular weight is 387 g/mol. The fourth-order valence-electron chi connectivity index (χ4n) is 3.13. The summed E-state index contributed by atoms with van der Waals surface area (Å²) in [5.74, 6) is -1.96. The molecule has 3 rings (SSSR count). The van der Waals surface area contributed by atoms with Crippen LogP contribution in [0.1, 0.15) is 20.3 Å². The Kier molecular flexibility index (Phi) is 5.39. The smallest absolute Gasteiger partial charge is 0.326 e. The van der Waals surface area contributed by atoms with Gasteiger partial charge in [0.25, 0.3) is 5.91 Å². The van der Waals surface area contributed by atoms with Crippen LogP contribution < -0.4 is 10.2 Å². The van der Waals surface area contributed by atoms with Crippen molar-refractivity contribution in [3.8, 4) is 0 Å². The van der Waals surface area contributed by atoms with E-state index < -0.39 is 35.5 Å². The second-order valence-electron chi connectivity index (χ2n) is 6.71. The van der Waals surface area contributed by atoms with E-state index in [2.05, 4.69) is 5.32 Å². The summed E-state index contributed by atoms with van der Waals surface area (Å²) in [6, 6.07) is 8.32. The van der Waals surface area contributed by atoms with Crippen LogP contribution in [-0.4, -0.2) is 34.8 Å². The molecule has 1 heterocycles. The van der Waals surface area contributed by atoms with Gasteiger partial charge < -0.3 is 10.2 Å². The van der Waals surface area contributed by atoms with Crippen molar-refractivity contribution in [2.24, 2.45) is 0 Å². The highest BCUT2D eigenvalue weighted by Crippen LogP contribution is 2.28. The Morgan fingerprint density at radius 2 is 1.54 bits per heavy atom. The highest BCUT2D eigenvalue weighted by Gasteiger charge is 2.47. The zero-order valence-electron chi connectivity index (χ0n) is 15.4. The van der Waals surface area contributed by atoms with Crippen LogP contribution in [0.4, 0.5) is 25.0 Å². The molecule has 0 unspecified atom stereocenters. The maximum absolute atomic E-state index is 13.2. The van der Waals surface area contributed by atoms with Gasteiger partial charge >= 0.3 is 6.03 Å². The van der Waals surface area contributed by atoms with Crippen molar-refractivity contribution >= 4 is 29.2 Å². The molecule has 4 amide bonds. The van der Waals surface area contributed by atoms with Crippen LogP contribution in [0.25, 0.3) is 0 Å². The van der Waals surface area contributed by atoms with Crippen LogP contribution in [0.15, 0.2) is 48.5 Å². The molecule has 1 atom stereocenters. The molecule has 0 radical (unpaired) electrons. The van der Waals surface area contributed by atoms with Gasteiger partial charge in [0, 0.05) is 11.7 Å². The van der Waals surface area contributed by atoms with E-state index in [1.54, 1.807) is 13.8 Å². The average Bonchev–Trinajstić information content (AvgIpc) is 2.88. The van der Waals surface area contributed by atoms with E-state index in [-0.39, 0.29) is 18.2 Å². The van der Waals surface area contributed by atoms with Crippen molar-refractivity contribution in [1.29, 1.82) is 0 Å². The number of imide groups is 1. The number of hydrogen-bond acceptors (Lipinski definition) is 3. The number of amides is 4. The summed E-state index contributed by atoms with van der Waals surface area (Å²) in [5, 5.41) is 2.59. The van der Waals surface area contributed by atoms with Gasteiger partial charge in [-0.25, -0.2) is 18.5 Å². The molecule has 1 aliphatic heterocycles. The second kappa shape index (κ2) is 7.75. The lowest BCUT2D eigenvalue weighted by molar-refractivity contribution is -0.124. The highest BCUT2D eigenvalue weighted by molar-refractivity contribution is 6.22. The van der Waals surface area contributed by atoms with Crippen LogP contribution in [0.5, 0.6) is 0 Å². The molecule has 146 valence electrons. The third-order valence-electron chi connectivity index (χ3n) is 4.40. The minimum absolute atomic E-state index is 0.239. The van der Waals surface area contributed by atoms with Crippen LogP contribution >= 0.6 is 0 Å². The van der Waals surface area contributed by atoms with Crippen molar-refractivity contribution in [2.45, 2.75) is 32.4 Å². The van der Waals surface area contributed by atoms with E-state index in [9.17, 15) is 23.2 Å². The van der Waals surface area contributed by atoms with E-state index in [1.165, 1.54) is 41.3 Å². The molecule has 0 aliphatic carbocycles. The Bertz CT molecular complexity index is 898. The molecule has 1 aliphatic rings. The van der Waals surface area contributed by atoms with E-state index >= 15 is 0 Å². The third kappa shape index (κ3) is 3.85. The summed E-state index contributed by atoms with van der Waals surface area (Å²) in [6.45, 7) is 3.48. The largest absolute Gasteiger partial charge is 0.332 e. The maximum atomic E-state index is 13.2. The molecule has 8 heteroatoms. The zero-order chi connectivity index (χ0) is 20.4. The van der Waals surface area contributed by atoms with Crippen LogP contribution in [0.3, 0.4) is 0 Å². The molecule has 1 fully saturated rings. The fraction of sp³-hybridized carbons (Fsp3) is 0.250. The highest BCUT2D eigenvalue weighted by atomic mass is 19.1. The van der Waals surface area contributed by atoms with Gasteiger partial charge in [0.15, 0.2) is 0 Å². The molecular formula is C20H19F2N3O3. The predicted molar refractivity (Wildman–Crippen MR) is 99.7 cm³/mol. The summed E-state index contributed by atoms with van der Waals surface area (Å²) < 4.78 is 26.2. The number of hydrogen-bond donors (Lipinski definition) is 1. The lowest BCUT2D eigenvalue weighted by atomic mass is 10.1. The van der Waals surface area contributed by atoms with Gasteiger partial charge in [-0.3, -0.25) is 9.59 Å². The Hall–Kier alpha value is -3.29. The summed E-state index contributed by atoms with van der Waals surface area (Å²) >= 11 is 0. The third-order valence-corrected chi connectivity index (χ3v) is 4.40. The number of urea groups is 1. The summed E-state index contributed by atoms with van der Waals surface area (Å²) in [4.78, 5) is 40.4. The second-order valence-corrected chi connectivity index (χ2v) is 6.71. The van der Waals surface area contributed by atoms with Gasteiger partial charge in [-0.1, -0.05) is 0 Å². The number of nitrogens with zero attached hydrogens (tertiary/aromatic N) is 2. The fourth-order valence-corrected chi connectivity index (χ4v) is 3.13. The summed E-state index contributed by atoms with van der Waals surface area (Å²) in [6.07, 6.45) is -0.252. The molecule has 0 aromatic heterocycles. The Morgan fingerprint density at radius 1 is 1.00 bits per heavy atom. The van der Waals surface area contributed by atoms with Crippen molar-refractivity contribution < 1.29 is 23.2 Å². The predicted octanol–water partition coefficient (Wildman–Crippen LogP) is 3.54.